The van der Waals surface area contributed by atoms with E-state index >= 15 is 0 Å². The van der Waals surface area contributed by atoms with Crippen LogP contribution in [0.2, 0.25) is 5.02 Å². The van der Waals surface area contributed by atoms with E-state index in [1.54, 1.807) is 18.5 Å². The van der Waals surface area contributed by atoms with Crippen molar-refractivity contribution in [2.24, 2.45) is 0 Å². The van der Waals surface area contributed by atoms with E-state index < -0.39 is 5.82 Å². The Morgan fingerprint density at radius 2 is 2.29 bits per heavy atom. The number of anilines is 1. The van der Waals surface area contributed by atoms with Crippen LogP contribution in [0.5, 0.6) is 0 Å². The quantitative estimate of drug-likeness (QED) is 0.637. The molecule has 0 saturated carbocycles. The Morgan fingerprint density at radius 1 is 1.43 bits per heavy atom. The van der Waals surface area contributed by atoms with Gasteiger partial charge in [0.15, 0.2) is 17.5 Å². The van der Waals surface area contributed by atoms with Crippen molar-refractivity contribution < 1.29 is 9.18 Å². The van der Waals surface area contributed by atoms with Gasteiger partial charge in [-0.1, -0.05) is 11.6 Å². The minimum atomic E-state index is -0.514. The summed E-state index contributed by atoms with van der Waals surface area (Å²) in [6.45, 7) is 3.39. The van der Waals surface area contributed by atoms with Crippen molar-refractivity contribution in [3.05, 3.63) is 35.5 Å². The van der Waals surface area contributed by atoms with Gasteiger partial charge in [0.1, 0.15) is 11.9 Å². The number of hydrogen-bond acceptors (Lipinski definition) is 6. The van der Waals surface area contributed by atoms with Crippen LogP contribution in [0.4, 0.5) is 10.2 Å². The number of aromatic nitrogens is 4. The van der Waals surface area contributed by atoms with E-state index in [4.69, 9.17) is 11.6 Å². The van der Waals surface area contributed by atoms with Crippen molar-refractivity contribution in [3.63, 3.8) is 0 Å². The Bertz CT molecular complexity index is 1010. The summed E-state index contributed by atoms with van der Waals surface area (Å²) in [7, 11) is 0. The van der Waals surface area contributed by atoms with Crippen LogP contribution in [0.25, 0.3) is 22.4 Å². The number of halogens is 2. The van der Waals surface area contributed by atoms with Gasteiger partial charge in [-0.25, -0.2) is 19.3 Å². The molecule has 2 N–H and O–H groups in total. The predicted octanol–water partition coefficient (Wildman–Crippen LogP) is 3.28. The number of aromatic amines is 1. The number of likely N-dealkylation sites (tertiary alicyclic amines) is 1. The smallest absolute Gasteiger partial charge is 0.183 e. The average Bonchev–Trinajstić information content (AvgIpc) is 3.12. The van der Waals surface area contributed by atoms with Crippen LogP contribution < -0.4 is 5.32 Å². The third-order valence-corrected chi connectivity index (χ3v) is 5.26. The van der Waals surface area contributed by atoms with E-state index in [1.807, 2.05) is 6.92 Å². The van der Waals surface area contributed by atoms with Crippen LogP contribution in [0.1, 0.15) is 19.8 Å². The summed E-state index contributed by atoms with van der Waals surface area (Å²) in [4.78, 5) is 29.0. The molecule has 0 spiro atoms. The van der Waals surface area contributed by atoms with E-state index in [2.05, 4.69) is 30.2 Å². The van der Waals surface area contributed by atoms with Gasteiger partial charge in [-0.05, 0) is 32.4 Å². The molecule has 0 aromatic carbocycles. The number of carbonyl (C=O) groups is 1. The number of carbonyl (C=O) groups excluding carboxylic acids is 1. The van der Waals surface area contributed by atoms with Crippen molar-refractivity contribution in [3.8, 4) is 11.4 Å². The molecule has 146 valence electrons. The molecule has 1 fully saturated rings. The summed E-state index contributed by atoms with van der Waals surface area (Å²) < 4.78 is 14.4. The van der Waals surface area contributed by atoms with Crippen molar-refractivity contribution >= 4 is 34.7 Å². The highest BCUT2D eigenvalue weighted by Crippen LogP contribution is 2.28. The fraction of sp³-hybridized carbons (Fsp3) is 0.368. The molecule has 9 heteroatoms. The van der Waals surface area contributed by atoms with Gasteiger partial charge in [0, 0.05) is 35.9 Å². The lowest BCUT2D eigenvalue weighted by Crippen LogP contribution is -2.46. The van der Waals surface area contributed by atoms with Gasteiger partial charge in [-0.2, -0.15) is 0 Å². The van der Waals surface area contributed by atoms with Crippen LogP contribution >= 0.6 is 11.6 Å². The van der Waals surface area contributed by atoms with E-state index in [9.17, 15) is 9.18 Å². The van der Waals surface area contributed by atoms with Crippen LogP contribution in [0, 0.1) is 5.82 Å². The van der Waals surface area contributed by atoms with E-state index in [0.29, 0.717) is 28.6 Å². The predicted molar refractivity (Wildman–Crippen MR) is 106 cm³/mol. The molecule has 7 nitrogen and oxygen atoms in total. The van der Waals surface area contributed by atoms with E-state index in [1.165, 1.54) is 0 Å². The Morgan fingerprint density at radius 3 is 3.11 bits per heavy atom. The maximum atomic E-state index is 14.4. The molecule has 2 atom stereocenters. The fourth-order valence-corrected chi connectivity index (χ4v) is 3.69. The average molecular weight is 403 g/mol. The minimum Gasteiger partial charge on any atom is -0.363 e. The molecule has 0 amide bonds. The van der Waals surface area contributed by atoms with Gasteiger partial charge >= 0.3 is 0 Å². The third kappa shape index (κ3) is 3.70. The first-order valence-corrected chi connectivity index (χ1v) is 9.54. The molecule has 0 aliphatic carbocycles. The highest BCUT2D eigenvalue weighted by atomic mass is 35.5. The number of hydrogen-bond donors (Lipinski definition) is 2. The Labute approximate surface area is 166 Å². The molecule has 4 heterocycles. The third-order valence-electron chi connectivity index (χ3n) is 5.05. The summed E-state index contributed by atoms with van der Waals surface area (Å²) >= 11 is 6.05. The van der Waals surface area contributed by atoms with Gasteiger partial charge in [0.2, 0.25) is 0 Å². The zero-order valence-electron chi connectivity index (χ0n) is 15.3. The molecule has 28 heavy (non-hydrogen) atoms. The molecule has 1 aliphatic rings. The minimum absolute atomic E-state index is 0.00693. The SMILES string of the molecule is CC(C=O)N1CCCC(Nc2nc(-c3c[nH]c4ncc(Cl)cc34)ncc2F)C1. The van der Waals surface area contributed by atoms with Crippen LogP contribution in [0.15, 0.2) is 24.7 Å². The molecular weight excluding hydrogens is 383 g/mol. The molecule has 4 rings (SSSR count). The lowest BCUT2D eigenvalue weighted by Gasteiger charge is -2.35. The maximum absolute atomic E-state index is 14.4. The molecule has 0 bridgehead atoms. The summed E-state index contributed by atoms with van der Waals surface area (Å²) in [6, 6.07) is 1.63. The molecular formula is C19H20ClFN6O. The highest BCUT2D eigenvalue weighted by Gasteiger charge is 2.24. The summed E-state index contributed by atoms with van der Waals surface area (Å²) in [5.41, 5.74) is 1.36. The van der Waals surface area contributed by atoms with Gasteiger partial charge in [-0.3, -0.25) is 4.90 Å². The summed E-state index contributed by atoms with van der Waals surface area (Å²) in [5, 5.41) is 4.46. The van der Waals surface area contributed by atoms with Crippen molar-refractivity contribution in [2.75, 3.05) is 18.4 Å². The van der Waals surface area contributed by atoms with E-state index in [0.717, 1.165) is 37.3 Å². The van der Waals surface area contributed by atoms with Gasteiger partial charge in [0.05, 0.1) is 17.3 Å². The number of nitrogens with one attached hydrogen (secondary N) is 2. The van der Waals surface area contributed by atoms with Crippen molar-refractivity contribution in [1.82, 2.24) is 24.8 Å². The Hall–Kier alpha value is -2.58. The van der Waals surface area contributed by atoms with Crippen molar-refractivity contribution in [2.45, 2.75) is 31.8 Å². The van der Waals surface area contributed by atoms with Crippen LogP contribution in [0.3, 0.4) is 0 Å². The maximum Gasteiger partial charge on any atom is 0.183 e. The first-order chi connectivity index (χ1) is 13.5. The topological polar surface area (TPSA) is 86.8 Å². The van der Waals surface area contributed by atoms with E-state index in [-0.39, 0.29) is 17.9 Å². The number of nitrogens with zero attached hydrogens (tertiary/aromatic N) is 4. The molecule has 2 unspecified atom stereocenters. The first-order valence-electron chi connectivity index (χ1n) is 9.16. The lowest BCUT2D eigenvalue weighted by atomic mass is 10.0. The van der Waals surface area contributed by atoms with Crippen LogP contribution in [-0.4, -0.2) is 56.3 Å². The fourth-order valence-electron chi connectivity index (χ4n) is 3.53. The second-order valence-electron chi connectivity index (χ2n) is 7.00. The summed E-state index contributed by atoms with van der Waals surface area (Å²) in [6.07, 6.45) is 7.20. The zero-order valence-corrected chi connectivity index (χ0v) is 16.1. The van der Waals surface area contributed by atoms with Gasteiger partial charge in [0.25, 0.3) is 0 Å². The molecule has 3 aromatic heterocycles. The molecule has 1 aliphatic heterocycles. The second kappa shape index (κ2) is 7.81. The van der Waals surface area contributed by atoms with Gasteiger partial charge < -0.3 is 15.1 Å². The Kier molecular flexibility index (Phi) is 5.23. The summed E-state index contributed by atoms with van der Waals surface area (Å²) in [5.74, 6) is 0.0217. The first kappa shape index (κ1) is 18.8. The largest absolute Gasteiger partial charge is 0.363 e. The normalized spacial score (nSPS) is 18.9. The number of piperidine rings is 1. The standard InChI is InChI=1S/C19H20ClFN6O/c1-11(10-28)27-4-2-3-13(9-27)25-19-16(21)8-24-18(26-19)15-7-23-17-14(15)5-12(20)6-22-17/h5-8,10-11,13H,2-4,9H2,1H3,(H,22,23)(H,24,25,26). The van der Waals surface area contributed by atoms with Crippen molar-refractivity contribution in [1.29, 1.82) is 0 Å². The van der Waals surface area contributed by atoms with Gasteiger partial charge in [-0.15, -0.1) is 0 Å². The van der Waals surface area contributed by atoms with Crippen LogP contribution in [-0.2, 0) is 4.79 Å². The number of rotatable bonds is 5. The molecule has 1 saturated heterocycles. The molecule has 3 aromatic rings. The zero-order chi connectivity index (χ0) is 19.7. The number of fused-ring (bicyclic) bond motifs is 1. The Balaban J connectivity index is 1.60. The number of H-pyrrole nitrogens is 1. The number of aldehydes is 1. The number of pyridine rings is 1. The lowest BCUT2D eigenvalue weighted by molar-refractivity contribution is -0.112. The monoisotopic (exact) mass is 402 g/mol. The second-order valence-corrected chi connectivity index (χ2v) is 7.43. The molecule has 0 radical (unpaired) electrons. The highest BCUT2D eigenvalue weighted by molar-refractivity contribution is 6.31.